The topological polar surface area (TPSA) is 71.1 Å². The Bertz CT molecular complexity index is 955. The lowest BCUT2D eigenvalue weighted by Gasteiger charge is -2.09. The Hall–Kier alpha value is -3.47. The van der Waals surface area contributed by atoms with Crippen LogP contribution in [0, 0.1) is 6.92 Å². The summed E-state index contributed by atoms with van der Waals surface area (Å²) in [4.78, 5) is 28.3. The molecular weight excluding hydrogens is 350 g/mol. The molecule has 0 fully saturated rings. The fourth-order valence-electron chi connectivity index (χ4n) is 2.87. The third-order valence-electron chi connectivity index (χ3n) is 4.32. The highest BCUT2D eigenvalue weighted by molar-refractivity contribution is 6.04. The second-order valence-corrected chi connectivity index (χ2v) is 6.66. The number of benzene rings is 2. The van der Waals surface area contributed by atoms with Gasteiger partial charge in [-0.2, -0.15) is 0 Å². The van der Waals surface area contributed by atoms with Gasteiger partial charge in [0.15, 0.2) is 0 Å². The summed E-state index contributed by atoms with van der Waals surface area (Å²) in [6.45, 7) is 2.47. The Balaban J connectivity index is 1.50. The van der Waals surface area contributed by atoms with Crippen LogP contribution in [0.5, 0.6) is 0 Å². The second-order valence-electron chi connectivity index (χ2n) is 6.66. The van der Waals surface area contributed by atoms with E-state index in [0.717, 1.165) is 11.1 Å². The maximum Gasteiger partial charge on any atom is 0.257 e. The number of hydrogen-bond acceptors (Lipinski definition) is 3. The average molecular weight is 373 g/mol. The monoisotopic (exact) mass is 373 g/mol. The number of rotatable bonds is 7. The van der Waals surface area contributed by atoms with Crippen LogP contribution >= 0.6 is 0 Å². The lowest BCUT2D eigenvalue weighted by atomic mass is 10.1. The van der Waals surface area contributed by atoms with Gasteiger partial charge in [0.1, 0.15) is 0 Å². The van der Waals surface area contributed by atoms with Crippen molar-refractivity contribution in [1.29, 1.82) is 0 Å². The molecule has 3 rings (SSSR count). The number of aromatic nitrogens is 1. The largest absolute Gasteiger partial charge is 0.352 e. The number of pyridine rings is 1. The van der Waals surface area contributed by atoms with Crippen molar-refractivity contribution in [2.24, 2.45) is 0 Å². The molecule has 0 saturated heterocycles. The van der Waals surface area contributed by atoms with Crippen molar-refractivity contribution in [3.8, 4) is 0 Å². The van der Waals surface area contributed by atoms with Crippen LogP contribution in [0.15, 0.2) is 73.1 Å². The molecule has 2 aromatic carbocycles. The summed E-state index contributed by atoms with van der Waals surface area (Å²) < 4.78 is 0. The maximum absolute atomic E-state index is 12.2. The van der Waals surface area contributed by atoms with Crippen LogP contribution in [0.1, 0.15) is 33.5 Å². The zero-order valence-corrected chi connectivity index (χ0v) is 15.8. The van der Waals surface area contributed by atoms with Crippen molar-refractivity contribution in [3.63, 3.8) is 0 Å². The normalized spacial score (nSPS) is 10.3. The van der Waals surface area contributed by atoms with Crippen molar-refractivity contribution in [2.75, 3.05) is 5.32 Å². The molecule has 0 unspecified atom stereocenters. The Morgan fingerprint density at radius 2 is 1.79 bits per heavy atom. The number of carbonyl (C=O) groups is 2. The molecule has 0 aliphatic heterocycles. The number of carbonyl (C=O) groups excluding carboxylic acids is 2. The van der Waals surface area contributed by atoms with Crippen LogP contribution in [-0.2, 0) is 17.8 Å². The molecule has 0 aliphatic carbocycles. The molecule has 0 bridgehead atoms. The molecule has 5 heteroatoms. The fourth-order valence-corrected chi connectivity index (χ4v) is 2.87. The van der Waals surface area contributed by atoms with Crippen molar-refractivity contribution < 1.29 is 9.59 Å². The van der Waals surface area contributed by atoms with Gasteiger partial charge in [0.25, 0.3) is 5.91 Å². The number of nitrogens with zero attached hydrogens (tertiary/aromatic N) is 1. The Morgan fingerprint density at radius 1 is 0.964 bits per heavy atom. The SMILES string of the molecule is Cc1cccc(CCC(=O)NCc2cccc(NC(=O)c3cccnc3)c2)c1. The average Bonchev–Trinajstić information content (AvgIpc) is 2.72. The van der Waals surface area contributed by atoms with E-state index >= 15 is 0 Å². The molecule has 0 saturated carbocycles. The zero-order valence-electron chi connectivity index (χ0n) is 15.8. The minimum Gasteiger partial charge on any atom is -0.352 e. The lowest BCUT2D eigenvalue weighted by Crippen LogP contribution is -2.23. The van der Waals surface area contributed by atoms with E-state index in [1.54, 1.807) is 18.3 Å². The first kappa shape index (κ1) is 19.3. The molecule has 28 heavy (non-hydrogen) atoms. The van der Waals surface area contributed by atoms with Gasteiger partial charge >= 0.3 is 0 Å². The minimum absolute atomic E-state index is 0.00584. The van der Waals surface area contributed by atoms with Gasteiger partial charge in [-0.15, -0.1) is 0 Å². The van der Waals surface area contributed by atoms with Gasteiger partial charge in [-0.1, -0.05) is 42.0 Å². The summed E-state index contributed by atoms with van der Waals surface area (Å²) in [5.41, 5.74) is 4.46. The van der Waals surface area contributed by atoms with E-state index in [2.05, 4.69) is 21.7 Å². The Kier molecular flexibility index (Phi) is 6.52. The fraction of sp³-hybridized carbons (Fsp3) is 0.174. The molecule has 3 aromatic rings. The summed E-state index contributed by atoms with van der Waals surface area (Å²) in [6.07, 6.45) is 4.31. The lowest BCUT2D eigenvalue weighted by molar-refractivity contribution is -0.121. The number of amides is 2. The number of nitrogens with one attached hydrogen (secondary N) is 2. The summed E-state index contributed by atoms with van der Waals surface area (Å²) >= 11 is 0. The van der Waals surface area contributed by atoms with E-state index in [0.29, 0.717) is 30.6 Å². The van der Waals surface area contributed by atoms with Crippen LogP contribution in [0.2, 0.25) is 0 Å². The first-order chi connectivity index (χ1) is 13.6. The summed E-state index contributed by atoms with van der Waals surface area (Å²) in [7, 11) is 0. The van der Waals surface area contributed by atoms with Crippen LogP contribution in [0.25, 0.3) is 0 Å². The molecular formula is C23H23N3O2. The summed E-state index contributed by atoms with van der Waals surface area (Å²) in [6, 6.07) is 19.1. The molecule has 0 spiro atoms. The molecule has 5 nitrogen and oxygen atoms in total. The highest BCUT2D eigenvalue weighted by atomic mass is 16.2. The highest BCUT2D eigenvalue weighted by Gasteiger charge is 2.07. The molecule has 0 aliphatic rings. The van der Waals surface area contributed by atoms with Gasteiger partial charge in [-0.05, 0) is 48.7 Å². The van der Waals surface area contributed by atoms with E-state index in [1.165, 1.54) is 11.8 Å². The van der Waals surface area contributed by atoms with Crippen LogP contribution in [0.4, 0.5) is 5.69 Å². The van der Waals surface area contributed by atoms with Crippen LogP contribution < -0.4 is 10.6 Å². The first-order valence-electron chi connectivity index (χ1n) is 9.23. The third-order valence-corrected chi connectivity index (χ3v) is 4.32. The summed E-state index contributed by atoms with van der Waals surface area (Å²) in [5.74, 6) is -0.209. The number of anilines is 1. The Morgan fingerprint density at radius 3 is 2.57 bits per heavy atom. The second kappa shape index (κ2) is 9.46. The Labute approximate surface area is 164 Å². The quantitative estimate of drug-likeness (QED) is 0.660. The number of hydrogen-bond donors (Lipinski definition) is 2. The minimum atomic E-state index is -0.215. The molecule has 1 heterocycles. The van der Waals surface area contributed by atoms with E-state index in [1.807, 2.05) is 49.4 Å². The highest BCUT2D eigenvalue weighted by Crippen LogP contribution is 2.12. The van der Waals surface area contributed by atoms with E-state index < -0.39 is 0 Å². The zero-order chi connectivity index (χ0) is 19.8. The first-order valence-corrected chi connectivity index (χ1v) is 9.23. The summed E-state index contributed by atoms with van der Waals surface area (Å²) in [5, 5.41) is 5.78. The maximum atomic E-state index is 12.2. The van der Waals surface area contributed by atoms with Crippen molar-refractivity contribution >= 4 is 17.5 Å². The van der Waals surface area contributed by atoms with E-state index in [4.69, 9.17) is 0 Å². The van der Waals surface area contributed by atoms with Crippen molar-refractivity contribution in [2.45, 2.75) is 26.3 Å². The molecule has 2 amide bonds. The van der Waals surface area contributed by atoms with Gasteiger partial charge in [0.05, 0.1) is 5.56 Å². The smallest absolute Gasteiger partial charge is 0.257 e. The number of aryl methyl sites for hydroxylation is 2. The standard InChI is InChI=1S/C23H23N3O2/c1-17-5-2-6-18(13-17)10-11-22(27)25-15-19-7-3-9-21(14-19)26-23(28)20-8-4-12-24-16-20/h2-9,12-14,16H,10-11,15H2,1H3,(H,25,27)(H,26,28). The molecule has 142 valence electrons. The van der Waals surface area contributed by atoms with Crippen LogP contribution in [-0.4, -0.2) is 16.8 Å². The van der Waals surface area contributed by atoms with Gasteiger partial charge in [0, 0.05) is 31.0 Å². The predicted molar refractivity (Wildman–Crippen MR) is 110 cm³/mol. The van der Waals surface area contributed by atoms with E-state index in [-0.39, 0.29) is 11.8 Å². The van der Waals surface area contributed by atoms with Gasteiger partial charge < -0.3 is 10.6 Å². The molecule has 0 radical (unpaired) electrons. The molecule has 2 N–H and O–H groups in total. The van der Waals surface area contributed by atoms with Crippen molar-refractivity contribution in [1.82, 2.24) is 10.3 Å². The van der Waals surface area contributed by atoms with Gasteiger partial charge in [-0.3, -0.25) is 14.6 Å². The van der Waals surface area contributed by atoms with Gasteiger partial charge in [-0.25, -0.2) is 0 Å². The third kappa shape index (κ3) is 5.77. The van der Waals surface area contributed by atoms with Crippen LogP contribution in [0.3, 0.4) is 0 Å². The van der Waals surface area contributed by atoms with Crippen molar-refractivity contribution in [3.05, 3.63) is 95.3 Å². The molecule has 0 atom stereocenters. The predicted octanol–water partition coefficient (Wildman–Crippen LogP) is 3.89. The van der Waals surface area contributed by atoms with E-state index in [9.17, 15) is 9.59 Å². The molecule has 1 aromatic heterocycles. The van der Waals surface area contributed by atoms with Gasteiger partial charge in [0.2, 0.25) is 5.91 Å².